The number of hydrogen-bond donors (Lipinski definition) is 0. The van der Waals surface area contributed by atoms with Crippen LogP contribution in [-0.2, 0) is 16.1 Å². The van der Waals surface area contributed by atoms with Crippen molar-refractivity contribution < 1.29 is 18.7 Å². The number of hydrogen-bond acceptors (Lipinski definition) is 4. The maximum absolute atomic E-state index is 13.8. The molecule has 4 nitrogen and oxygen atoms in total. The average Bonchev–Trinajstić information content (AvgIpc) is 2.61. The third-order valence-electron chi connectivity index (χ3n) is 6.31. The SMILES string of the molecule is CCOC(=O)c1c(C2CCC2)nc(C2CCC2)c(COC)c1-c1ccc(F)cc1Cl. The van der Waals surface area contributed by atoms with E-state index >= 15 is 0 Å². The molecule has 2 aliphatic rings. The highest BCUT2D eigenvalue weighted by atomic mass is 35.5. The van der Waals surface area contributed by atoms with E-state index in [1.165, 1.54) is 18.6 Å². The number of halogens is 2. The Morgan fingerprint density at radius 1 is 1.17 bits per heavy atom. The average molecular weight is 432 g/mol. The van der Waals surface area contributed by atoms with Crippen molar-refractivity contribution >= 4 is 17.6 Å². The standard InChI is InChI=1S/C24H27ClFNO3/c1-3-30-24(28)21-20(17-11-10-16(26)12-19(17)25)18(13-29-2)22(14-6-4-7-14)27-23(21)15-8-5-9-15/h10-12,14-15H,3-9,13H2,1-2H3. The van der Waals surface area contributed by atoms with Crippen LogP contribution in [0.2, 0.25) is 5.02 Å². The summed E-state index contributed by atoms with van der Waals surface area (Å²) in [6, 6.07) is 4.30. The van der Waals surface area contributed by atoms with Crippen LogP contribution in [0, 0.1) is 5.82 Å². The van der Waals surface area contributed by atoms with Crippen molar-refractivity contribution in [1.29, 1.82) is 0 Å². The van der Waals surface area contributed by atoms with Gasteiger partial charge in [0.2, 0.25) is 0 Å². The smallest absolute Gasteiger partial charge is 0.340 e. The predicted molar refractivity (Wildman–Crippen MR) is 114 cm³/mol. The van der Waals surface area contributed by atoms with E-state index < -0.39 is 11.8 Å². The summed E-state index contributed by atoms with van der Waals surface area (Å²) in [6.07, 6.45) is 6.45. The third kappa shape index (κ3) is 3.85. The molecule has 4 rings (SSSR count). The molecule has 0 amide bonds. The van der Waals surface area contributed by atoms with Crippen LogP contribution >= 0.6 is 11.6 Å². The topological polar surface area (TPSA) is 48.4 Å². The highest BCUT2D eigenvalue weighted by molar-refractivity contribution is 6.33. The molecule has 2 saturated carbocycles. The predicted octanol–water partition coefficient (Wildman–Crippen LogP) is 6.40. The van der Waals surface area contributed by atoms with Crippen molar-refractivity contribution in [1.82, 2.24) is 4.98 Å². The van der Waals surface area contributed by atoms with Gasteiger partial charge in [0.1, 0.15) is 5.82 Å². The van der Waals surface area contributed by atoms with Gasteiger partial charge in [-0.15, -0.1) is 0 Å². The zero-order valence-corrected chi connectivity index (χ0v) is 18.2. The molecular formula is C24H27ClFNO3. The lowest BCUT2D eigenvalue weighted by Gasteiger charge is -2.33. The first kappa shape index (κ1) is 21.3. The van der Waals surface area contributed by atoms with Crippen LogP contribution in [0.3, 0.4) is 0 Å². The lowest BCUT2D eigenvalue weighted by Crippen LogP contribution is -2.24. The van der Waals surface area contributed by atoms with E-state index in [0.717, 1.165) is 49.1 Å². The number of methoxy groups -OCH3 is 1. The van der Waals surface area contributed by atoms with Crippen LogP contribution in [0.25, 0.3) is 11.1 Å². The first-order valence-corrected chi connectivity index (χ1v) is 11.1. The second kappa shape index (κ2) is 9.03. The van der Waals surface area contributed by atoms with E-state index in [1.54, 1.807) is 20.1 Å². The minimum Gasteiger partial charge on any atom is -0.462 e. The van der Waals surface area contributed by atoms with Gasteiger partial charge in [0, 0.05) is 41.3 Å². The molecule has 0 bridgehead atoms. The van der Waals surface area contributed by atoms with Crippen molar-refractivity contribution in [3.63, 3.8) is 0 Å². The number of pyridine rings is 1. The quantitative estimate of drug-likeness (QED) is 0.476. The fraction of sp³-hybridized carbons (Fsp3) is 0.500. The summed E-state index contributed by atoms with van der Waals surface area (Å²) in [5.41, 5.74) is 4.44. The summed E-state index contributed by atoms with van der Waals surface area (Å²) in [5.74, 6) is -0.233. The summed E-state index contributed by atoms with van der Waals surface area (Å²) in [5, 5.41) is 0.267. The van der Waals surface area contributed by atoms with Gasteiger partial charge in [-0.05, 0) is 50.8 Å². The molecule has 2 aliphatic carbocycles. The highest BCUT2D eigenvalue weighted by Gasteiger charge is 2.35. The highest BCUT2D eigenvalue weighted by Crippen LogP contribution is 2.47. The first-order valence-electron chi connectivity index (χ1n) is 10.7. The van der Waals surface area contributed by atoms with Crippen LogP contribution < -0.4 is 0 Å². The number of esters is 1. The zero-order valence-electron chi connectivity index (χ0n) is 17.5. The van der Waals surface area contributed by atoms with Gasteiger partial charge in [0.05, 0.1) is 29.5 Å². The van der Waals surface area contributed by atoms with Gasteiger partial charge >= 0.3 is 5.97 Å². The number of aromatic nitrogens is 1. The molecule has 2 aromatic rings. The third-order valence-corrected chi connectivity index (χ3v) is 6.62. The van der Waals surface area contributed by atoms with Crippen LogP contribution in [0.4, 0.5) is 4.39 Å². The molecule has 1 aromatic carbocycles. The van der Waals surface area contributed by atoms with E-state index in [4.69, 9.17) is 26.1 Å². The second-order valence-electron chi connectivity index (χ2n) is 8.14. The Labute approximate surface area is 181 Å². The fourth-order valence-corrected chi connectivity index (χ4v) is 4.61. The van der Waals surface area contributed by atoms with Crippen molar-refractivity contribution in [2.24, 2.45) is 0 Å². The summed E-state index contributed by atoms with van der Waals surface area (Å²) in [4.78, 5) is 18.3. The van der Waals surface area contributed by atoms with Gasteiger partial charge in [0.15, 0.2) is 0 Å². The molecule has 1 heterocycles. The zero-order chi connectivity index (χ0) is 21.3. The Kier molecular flexibility index (Phi) is 6.40. The van der Waals surface area contributed by atoms with E-state index in [9.17, 15) is 9.18 Å². The molecule has 0 spiro atoms. The molecule has 0 radical (unpaired) electrons. The molecule has 0 unspecified atom stereocenters. The summed E-state index contributed by atoms with van der Waals surface area (Å²) < 4.78 is 24.8. The maximum Gasteiger partial charge on any atom is 0.340 e. The fourth-order valence-electron chi connectivity index (χ4n) is 4.35. The Morgan fingerprint density at radius 3 is 2.37 bits per heavy atom. The lowest BCUT2D eigenvalue weighted by molar-refractivity contribution is 0.0523. The lowest BCUT2D eigenvalue weighted by atomic mass is 9.75. The number of ether oxygens (including phenoxy) is 2. The van der Waals surface area contributed by atoms with E-state index in [1.807, 2.05) is 0 Å². The molecule has 0 aliphatic heterocycles. The summed E-state index contributed by atoms with van der Waals surface area (Å²) in [7, 11) is 1.63. The Balaban J connectivity index is 2.04. The van der Waals surface area contributed by atoms with Gasteiger partial charge in [-0.3, -0.25) is 4.98 Å². The summed E-state index contributed by atoms with van der Waals surface area (Å²) >= 11 is 6.50. The summed E-state index contributed by atoms with van der Waals surface area (Å²) in [6.45, 7) is 2.36. The first-order chi connectivity index (χ1) is 14.5. The van der Waals surface area contributed by atoms with Crippen LogP contribution in [-0.4, -0.2) is 24.7 Å². The Hall–Kier alpha value is -1.98. The Morgan fingerprint density at radius 2 is 1.83 bits per heavy atom. The van der Waals surface area contributed by atoms with Gasteiger partial charge in [-0.2, -0.15) is 0 Å². The molecule has 6 heteroatoms. The number of rotatable bonds is 7. The minimum atomic E-state index is -0.415. The molecule has 0 atom stereocenters. The van der Waals surface area contributed by atoms with Gasteiger partial charge in [-0.1, -0.05) is 24.4 Å². The molecule has 0 N–H and O–H groups in total. The number of carbonyl (C=O) groups excluding carboxylic acids is 1. The van der Waals surface area contributed by atoms with Gasteiger partial charge in [-0.25, -0.2) is 9.18 Å². The van der Waals surface area contributed by atoms with E-state index in [2.05, 4.69) is 0 Å². The molecule has 160 valence electrons. The number of carbonyl (C=O) groups is 1. The largest absolute Gasteiger partial charge is 0.462 e. The number of nitrogens with zero attached hydrogens (tertiary/aromatic N) is 1. The molecule has 1 aromatic heterocycles. The number of benzene rings is 1. The monoisotopic (exact) mass is 431 g/mol. The van der Waals surface area contributed by atoms with Crippen LogP contribution in [0.15, 0.2) is 18.2 Å². The van der Waals surface area contributed by atoms with Gasteiger partial charge < -0.3 is 9.47 Å². The molecular weight excluding hydrogens is 405 g/mol. The van der Waals surface area contributed by atoms with E-state index in [0.29, 0.717) is 29.2 Å². The van der Waals surface area contributed by atoms with E-state index in [-0.39, 0.29) is 17.5 Å². The van der Waals surface area contributed by atoms with Crippen molar-refractivity contribution in [2.45, 2.75) is 63.9 Å². The van der Waals surface area contributed by atoms with Crippen LogP contribution in [0.5, 0.6) is 0 Å². The van der Waals surface area contributed by atoms with Crippen molar-refractivity contribution in [3.05, 3.63) is 51.6 Å². The normalized spacial score (nSPS) is 16.8. The molecule has 0 saturated heterocycles. The maximum atomic E-state index is 13.8. The Bertz CT molecular complexity index is 954. The molecule has 30 heavy (non-hydrogen) atoms. The second-order valence-corrected chi connectivity index (χ2v) is 8.55. The van der Waals surface area contributed by atoms with Crippen molar-refractivity contribution in [2.75, 3.05) is 13.7 Å². The van der Waals surface area contributed by atoms with Gasteiger partial charge in [0.25, 0.3) is 0 Å². The minimum absolute atomic E-state index is 0.234. The van der Waals surface area contributed by atoms with Crippen molar-refractivity contribution in [3.8, 4) is 11.1 Å². The van der Waals surface area contributed by atoms with Crippen LogP contribution in [0.1, 0.15) is 84.6 Å². The molecule has 2 fully saturated rings.